The molecule has 0 N–H and O–H groups in total. The Balaban J connectivity index is 1.84. The third-order valence-electron chi connectivity index (χ3n) is 5.97. The van der Waals surface area contributed by atoms with Crippen molar-refractivity contribution in [2.24, 2.45) is 0 Å². The van der Waals surface area contributed by atoms with Crippen LogP contribution in [0.4, 0.5) is 5.69 Å². The highest BCUT2D eigenvalue weighted by Crippen LogP contribution is 2.38. The Kier molecular flexibility index (Phi) is 6.35. The molecule has 2 heterocycles. The SMILES string of the molecule is COC(=O)C1=C(C)N(c2ccc(OC)c(Cl)c2)C(=O)/C1=C\c1cc(C)n(-c2ccccc2)c1C. The van der Waals surface area contributed by atoms with Gasteiger partial charge in [0.15, 0.2) is 0 Å². The standard InChI is InChI=1S/C27H25ClN2O4/c1-16-13-19(17(2)29(16)20-9-7-6-8-10-20)14-22-25(27(32)34-5)18(3)30(26(22)31)21-11-12-24(33-4)23(28)15-21/h6-15H,1-5H3/b22-14-. The lowest BCUT2D eigenvalue weighted by molar-refractivity contribution is -0.136. The van der Waals surface area contributed by atoms with Crippen LogP contribution in [0.3, 0.4) is 0 Å². The second kappa shape index (κ2) is 9.23. The predicted octanol–water partition coefficient (Wildman–Crippen LogP) is 5.63. The van der Waals surface area contributed by atoms with Gasteiger partial charge in [0.2, 0.25) is 0 Å². The number of hydrogen-bond acceptors (Lipinski definition) is 4. The fourth-order valence-corrected chi connectivity index (χ4v) is 4.60. The van der Waals surface area contributed by atoms with Crippen LogP contribution in [-0.2, 0) is 14.3 Å². The molecule has 2 aromatic carbocycles. The average molecular weight is 477 g/mol. The molecule has 0 bridgehead atoms. The van der Waals surface area contributed by atoms with Gasteiger partial charge in [0, 0.05) is 22.8 Å². The Bertz CT molecular complexity index is 1350. The van der Waals surface area contributed by atoms with Crippen LogP contribution in [0.25, 0.3) is 11.8 Å². The van der Waals surface area contributed by atoms with Gasteiger partial charge < -0.3 is 14.0 Å². The minimum absolute atomic E-state index is 0.226. The molecule has 6 nitrogen and oxygen atoms in total. The normalized spacial score (nSPS) is 14.8. The molecule has 174 valence electrons. The molecule has 0 saturated heterocycles. The van der Waals surface area contributed by atoms with Crippen molar-refractivity contribution in [1.82, 2.24) is 4.57 Å². The van der Waals surface area contributed by atoms with E-state index in [2.05, 4.69) is 4.57 Å². The molecule has 0 unspecified atom stereocenters. The van der Waals surface area contributed by atoms with Crippen molar-refractivity contribution in [2.75, 3.05) is 19.1 Å². The number of nitrogens with zero attached hydrogens (tertiary/aromatic N) is 2. The molecule has 0 atom stereocenters. The Morgan fingerprint density at radius 1 is 0.971 bits per heavy atom. The maximum absolute atomic E-state index is 13.6. The minimum atomic E-state index is -0.573. The summed E-state index contributed by atoms with van der Waals surface area (Å²) in [6.07, 6.45) is 1.75. The molecule has 0 saturated carbocycles. The highest BCUT2D eigenvalue weighted by atomic mass is 35.5. The summed E-state index contributed by atoms with van der Waals surface area (Å²) in [7, 11) is 2.83. The number of allylic oxidation sites excluding steroid dienone is 1. The van der Waals surface area contributed by atoms with Crippen LogP contribution in [-0.4, -0.2) is 30.7 Å². The van der Waals surface area contributed by atoms with Crippen LogP contribution in [0, 0.1) is 13.8 Å². The van der Waals surface area contributed by atoms with Crippen molar-refractivity contribution in [1.29, 1.82) is 0 Å². The van der Waals surface area contributed by atoms with Gasteiger partial charge in [-0.3, -0.25) is 9.69 Å². The molecule has 1 amide bonds. The van der Waals surface area contributed by atoms with Crippen molar-refractivity contribution in [3.05, 3.63) is 93.4 Å². The number of aromatic nitrogens is 1. The number of para-hydroxylation sites is 1. The third-order valence-corrected chi connectivity index (χ3v) is 6.26. The van der Waals surface area contributed by atoms with Crippen molar-refractivity contribution in [3.8, 4) is 11.4 Å². The van der Waals surface area contributed by atoms with Crippen molar-refractivity contribution in [2.45, 2.75) is 20.8 Å². The van der Waals surface area contributed by atoms with Crippen LogP contribution >= 0.6 is 11.6 Å². The van der Waals surface area contributed by atoms with Crippen LogP contribution < -0.4 is 9.64 Å². The quantitative estimate of drug-likeness (QED) is 0.353. The van der Waals surface area contributed by atoms with Gasteiger partial charge in [-0.25, -0.2) is 4.79 Å². The van der Waals surface area contributed by atoms with Gasteiger partial charge >= 0.3 is 5.97 Å². The van der Waals surface area contributed by atoms with Gasteiger partial charge in [0.25, 0.3) is 5.91 Å². The van der Waals surface area contributed by atoms with Crippen molar-refractivity contribution >= 4 is 35.2 Å². The number of ether oxygens (including phenoxy) is 2. The number of carbonyl (C=O) groups is 2. The Hall–Kier alpha value is -3.77. The van der Waals surface area contributed by atoms with Crippen LogP contribution in [0.2, 0.25) is 5.02 Å². The molecule has 0 fully saturated rings. The molecule has 4 rings (SSSR count). The number of anilines is 1. The van der Waals surface area contributed by atoms with Gasteiger partial charge in [-0.1, -0.05) is 29.8 Å². The first-order valence-electron chi connectivity index (χ1n) is 10.7. The van der Waals surface area contributed by atoms with Gasteiger partial charge in [-0.05, 0) is 68.8 Å². The lowest BCUT2D eigenvalue weighted by Crippen LogP contribution is -2.24. The first-order valence-corrected chi connectivity index (χ1v) is 11.1. The summed E-state index contributed by atoms with van der Waals surface area (Å²) >= 11 is 6.31. The zero-order valence-electron chi connectivity index (χ0n) is 19.7. The van der Waals surface area contributed by atoms with Crippen molar-refractivity contribution < 1.29 is 19.1 Å². The number of esters is 1. The number of hydrogen-bond donors (Lipinski definition) is 0. The van der Waals surface area contributed by atoms with E-state index in [0.29, 0.717) is 22.2 Å². The molecule has 0 radical (unpaired) electrons. The third kappa shape index (κ3) is 3.90. The monoisotopic (exact) mass is 476 g/mol. The first-order chi connectivity index (χ1) is 16.3. The number of benzene rings is 2. The molecule has 0 spiro atoms. The average Bonchev–Trinajstić information content (AvgIpc) is 3.25. The van der Waals surface area contributed by atoms with E-state index in [1.807, 2.05) is 50.2 Å². The maximum atomic E-state index is 13.6. The molecule has 0 aliphatic carbocycles. The molecule has 7 heteroatoms. The first kappa shape index (κ1) is 23.4. The zero-order chi connectivity index (χ0) is 24.6. The molecule has 3 aromatic rings. The maximum Gasteiger partial charge on any atom is 0.340 e. The summed E-state index contributed by atoms with van der Waals surface area (Å²) < 4.78 is 12.4. The molecule has 1 aliphatic heterocycles. The Morgan fingerprint density at radius 3 is 2.29 bits per heavy atom. The summed E-state index contributed by atoms with van der Waals surface area (Å²) in [5.41, 5.74) is 5.34. The van der Waals surface area contributed by atoms with Gasteiger partial charge in [-0.2, -0.15) is 0 Å². The second-order valence-corrected chi connectivity index (χ2v) is 8.37. The molecule has 1 aromatic heterocycles. The van der Waals surface area contributed by atoms with Gasteiger partial charge in [-0.15, -0.1) is 0 Å². The summed E-state index contributed by atoms with van der Waals surface area (Å²) in [6, 6.07) is 17.0. The van der Waals surface area contributed by atoms with E-state index in [0.717, 1.165) is 22.6 Å². The number of halogens is 1. The van der Waals surface area contributed by atoms with Crippen LogP contribution in [0.1, 0.15) is 23.9 Å². The Morgan fingerprint density at radius 2 is 1.68 bits per heavy atom. The van der Waals surface area contributed by atoms with Crippen LogP contribution in [0.5, 0.6) is 5.75 Å². The van der Waals surface area contributed by atoms with E-state index in [1.54, 1.807) is 31.2 Å². The fourth-order valence-electron chi connectivity index (χ4n) is 4.35. The smallest absolute Gasteiger partial charge is 0.340 e. The number of methoxy groups -OCH3 is 2. The highest BCUT2D eigenvalue weighted by Gasteiger charge is 2.38. The van der Waals surface area contributed by atoms with Crippen LogP contribution in [0.15, 0.2) is 71.4 Å². The molecule has 1 aliphatic rings. The number of carbonyl (C=O) groups excluding carboxylic acids is 2. The topological polar surface area (TPSA) is 60.8 Å². The Labute approximate surface area is 203 Å². The van der Waals surface area contributed by atoms with Gasteiger partial charge in [0.1, 0.15) is 5.75 Å². The van der Waals surface area contributed by atoms with Gasteiger partial charge in [0.05, 0.1) is 36.1 Å². The second-order valence-electron chi connectivity index (χ2n) is 7.97. The highest BCUT2D eigenvalue weighted by molar-refractivity contribution is 6.32. The van der Waals surface area contributed by atoms with Crippen molar-refractivity contribution in [3.63, 3.8) is 0 Å². The summed E-state index contributed by atoms with van der Waals surface area (Å²) in [4.78, 5) is 27.8. The molecular formula is C27H25ClN2O4. The summed E-state index contributed by atoms with van der Waals surface area (Å²) in [5, 5.41) is 0.365. The summed E-state index contributed by atoms with van der Waals surface area (Å²) in [5.74, 6) is -0.407. The van der Waals surface area contributed by atoms with E-state index < -0.39 is 5.97 Å². The minimum Gasteiger partial charge on any atom is -0.495 e. The predicted molar refractivity (Wildman–Crippen MR) is 133 cm³/mol. The molecule has 34 heavy (non-hydrogen) atoms. The van der Waals surface area contributed by atoms with E-state index >= 15 is 0 Å². The lowest BCUT2D eigenvalue weighted by Gasteiger charge is -2.19. The van der Waals surface area contributed by atoms with E-state index in [9.17, 15) is 9.59 Å². The number of rotatable bonds is 5. The zero-order valence-corrected chi connectivity index (χ0v) is 20.4. The lowest BCUT2D eigenvalue weighted by atomic mass is 10.0. The fraction of sp³-hybridized carbons (Fsp3) is 0.185. The molecular weight excluding hydrogens is 452 g/mol. The van der Waals surface area contributed by atoms with E-state index in [1.165, 1.54) is 19.1 Å². The number of aryl methyl sites for hydroxylation is 1. The summed E-state index contributed by atoms with van der Waals surface area (Å²) in [6.45, 7) is 5.71. The largest absolute Gasteiger partial charge is 0.495 e. The number of amides is 1. The van der Waals surface area contributed by atoms with E-state index in [4.69, 9.17) is 21.1 Å². The van der Waals surface area contributed by atoms with E-state index in [-0.39, 0.29) is 17.1 Å².